The molecule has 0 fully saturated rings. The number of halogens is 1. The van der Waals surface area contributed by atoms with Crippen molar-refractivity contribution in [2.45, 2.75) is 6.92 Å². The molecule has 8 nitrogen and oxygen atoms in total. The number of benzene rings is 2. The fraction of sp³-hybridized carbons (Fsp3) is 0.0455. The van der Waals surface area contributed by atoms with E-state index in [1.165, 1.54) is 6.33 Å². The van der Waals surface area contributed by atoms with E-state index in [0.717, 1.165) is 10.0 Å². The van der Waals surface area contributed by atoms with Gasteiger partial charge in [-0.1, -0.05) is 51.4 Å². The van der Waals surface area contributed by atoms with Crippen molar-refractivity contribution >= 4 is 38.6 Å². The second-order valence-corrected chi connectivity index (χ2v) is 7.74. The van der Waals surface area contributed by atoms with E-state index in [0.29, 0.717) is 39.4 Å². The number of carbonyl (C=O) groups excluding carboxylic acids is 1. The first-order valence-corrected chi connectivity index (χ1v) is 10.2. The number of pyridine rings is 1. The minimum absolute atomic E-state index is 0.310. The average Bonchev–Trinajstić information content (AvgIpc) is 3.44. The minimum atomic E-state index is -0.310. The molecule has 3 aromatic heterocycles. The lowest BCUT2D eigenvalue weighted by molar-refractivity contribution is 0.102. The second-order valence-electron chi connectivity index (χ2n) is 6.82. The van der Waals surface area contributed by atoms with Crippen molar-refractivity contribution in [2.24, 2.45) is 0 Å². The van der Waals surface area contributed by atoms with Crippen LogP contribution in [-0.2, 0) is 0 Å². The lowest BCUT2D eigenvalue weighted by Gasteiger charge is -2.12. The van der Waals surface area contributed by atoms with Crippen LogP contribution in [0.15, 0.2) is 76.2 Å². The first-order chi connectivity index (χ1) is 15.1. The first kappa shape index (κ1) is 19.1. The van der Waals surface area contributed by atoms with Crippen molar-refractivity contribution in [3.05, 3.63) is 83.0 Å². The highest BCUT2D eigenvalue weighted by atomic mass is 79.9. The van der Waals surface area contributed by atoms with Gasteiger partial charge in [0, 0.05) is 10.0 Å². The van der Waals surface area contributed by atoms with Crippen molar-refractivity contribution in [1.82, 2.24) is 24.9 Å². The molecule has 31 heavy (non-hydrogen) atoms. The van der Waals surface area contributed by atoms with E-state index in [1.54, 1.807) is 24.0 Å². The van der Waals surface area contributed by atoms with E-state index in [2.05, 4.69) is 41.5 Å². The monoisotopic (exact) mass is 474 g/mol. The topological polar surface area (TPSA) is 98.7 Å². The van der Waals surface area contributed by atoms with Gasteiger partial charge in [-0.2, -0.15) is 5.10 Å². The van der Waals surface area contributed by atoms with E-state index >= 15 is 0 Å². The van der Waals surface area contributed by atoms with Gasteiger partial charge in [-0.25, -0.2) is 14.6 Å². The van der Waals surface area contributed by atoms with Crippen LogP contribution in [0.5, 0.6) is 0 Å². The number of aryl methyl sites for hydroxylation is 1. The standard InChI is InChI=1S/C22H15BrN6O2/c1-13-20-16(10-17(27-22(20)31-28-13)14-5-3-2-4-6-14)21(30)26-18-9-15(23)7-8-19(18)29-12-24-11-25-29/h2-12H,1H3,(H,26,30). The molecule has 0 radical (unpaired) electrons. The molecule has 5 aromatic rings. The van der Waals surface area contributed by atoms with Crippen molar-refractivity contribution in [1.29, 1.82) is 0 Å². The van der Waals surface area contributed by atoms with Crippen molar-refractivity contribution < 1.29 is 9.32 Å². The molecule has 0 aliphatic heterocycles. The number of nitrogens with one attached hydrogen (secondary N) is 1. The Kier molecular flexibility index (Phi) is 4.79. The Morgan fingerprint density at radius 3 is 2.74 bits per heavy atom. The Morgan fingerprint density at radius 2 is 1.97 bits per heavy atom. The lowest BCUT2D eigenvalue weighted by Crippen LogP contribution is -2.15. The number of rotatable bonds is 4. The number of hydrogen-bond acceptors (Lipinski definition) is 6. The Bertz CT molecular complexity index is 1400. The molecule has 0 atom stereocenters. The highest BCUT2D eigenvalue weighted by Crippen LogP contribution is 2.29. The van der Waals surface area contributed by atoms with Gasteiger partial charge in [0.25, 0.3) is 11.6 Å². The fourth-order valence-electron chi connectivity index (χ4n) is 3.36. The summed E-state index contributed by atoms with van der Waals surface area (Å²) in [5, 5.41) is 11.7. The molecule has 152 valence electrons. The van der Waals surface area contributed by atoms with E-state index in [1.807, 2.05) is 48.5 Å². The summed E-state index contributed by atoms with van der Waals surface area (Å²) in [4.78, 5) is 22.0. The summed E-state index contributed by atoms with van der Waals surface area (Å²) in [6.45, 7) is 1.78. The summed E-state index contributed by atoms with van der Waals surface area (Å²) in [6.07, 6.45) is 3.01. The Balaban J connectivity index is 1.61. The molecule has 0 saturated heterocycles. The maximum atomic E-state index is 13.4. The van der Waals surface area contributed by atoms with E-state index in [-0.39, 0.29) is 5.91 Å². The van der Waals surface area contributed by atoms with Crippen LogP contribution in [0.4, 0.5) is 5.69 Å². The number of anilines is 1. The van der Waals surface area contributed by atoms with Crippen LogP contribution < -0.4 is 5.32 Å². The third-order valence-electron chi connectivity index (χ3n) is 4.80. The zero-order valence-corrected chi connectivity index (χ0v) is 17.9. The van der Waals surface area contributed by atoms with Crippen LogP contribution in [0.3, 0.4) is 0 Å². The smallest absolute Gasteiger partial charge is 0.259 e. The normalized spacial score (nSPS) is 11.0. The summed E-state index contributed by atoms with van der Waals surface area (Å²) in [5.74, 6) is -0.310. The van der Waals surface area contributed by atoms with Gasteiger partial charge in [0.2, 0.25) is 0 Å². The molecular formula is C22H15BrN6O2. The molecule has 2 aromatic carbocycles. The summed E-state index contributed by atoms with van der Waals surface area (Å²) in [5.41, 5.74) is 4.09. The third kappa shape index (κ3) is 3.59. The van der Waals surface area contributed by atoms with Gasteiger partial charge in [-0.3, -0.25) is 4.79 Å². The minimum Gasteiger partial charge on any atom is -0.335 e. The van der Waals surface area contributed by atoms with Crippen LogP contribution in [0.2, 0.25) is 0 Å². The number of carbonyl (C=O) groups is 1. The Labute approximate surface area is 185 Å². The molecule has 0 bridgehead atoms. The number of hydrogen-bond donors (Lipinski definition) is 1. The molecule has 1 amide bonds. The maximum Gasteiger partial charge on any atom is 0.259 e. The van der Waals surface area contributed by atoms with E-state index in [9.17, 15) is 4.79 Å². The molecule has 5 rings (SSSR count). The van der Waals surface area contributed by atoms with Gasteiger partial charge in [0.15, 0.2) is 0 Å². The molecule has 1 N–H and O–H groups in total. The third-order valence-corrected chi connectivity index (χ3v) is 5.30. The van der Waals surface area contributed by atoms with Crippen molar-refractivity contribution in [3.8, 4) is 16.9 Å². The van der Waals surface area contributed by atoms with Gasteiger partial charge < -0.3 is 9.84 Å². The lowest BCUT2D eigenvalue weighted by atomic mass is 10.0. The molecule has 0 aliphatic carbocycles. The van der Waals surface area contributed by atoms with Crippen LogP contribution in [0, 0.1) is 6.92 Å². The van der Waals surface area contributed by atoms with Gasteiger partial charge in [-0.15, -0.1) is 0 Å². The molecule has 9 heteroatoms. The largest absolute Gasteiger partial charge is 0.335 e. The predicted octanol–water partition coefficient (Wildman–Crippen LogP) is 4.79. The zero-order valence-electron chi connectivity index (χ0n) is 16.3. The maximum absolute atomic E-state index is 13.4. The highest BCUT2D eigenvalue weighted by Gasteiger charge is 2.20. The SMILES string of the molecule is Cc1noc2nc(-c3ccccc3)cc(C(=O)Nc3cc(Br)ccc3-n3cncn3)c12. The molecule has 0 aliphatic rings. The Morgan fingerprint density at radius 1 is 1.13 bits per heavy atom. The quantitative estimate of drug-likeness (QED) is 0.401. The molecule has 0 saturated carbocycles. The van der Waals surface area contributed by atoms with Crippen LogP contribution >= 0.6 is 15.9 Å². The summed E-state index contributed by atoms with van der Waals surface area (Å²) < 4.78 is 7.79. The molecule has 0 spiro atoms. The highest BCUT2D eigenvalue weighted by molar-refractivity contribution is 9.10. The summed E-state index contributed by atoms with van der Waals surface area (Å²) >= 11 is 3.46. The van der Waals surface area contributed by atoms with E-state index < -0.39 is 0 Å². The second kappa shape index (κ2) is 7.77. The molecular weight excluding hydrogens is 460 g/mol. The van der Waals surface area contributed by atoms with Crippen molar-refractivity contribution in [3.63, 3.8) is 0 Å². The first-order valence-electron chi connectivity index (χ1n) is 9.38. The number of nitrogens with zero attached hydrogens (tertiary/aromatic N) is 5. The molecule has 0 unspecified atom stereocenters. The van der Waals surface area contributed by atoms with Gasteiger partial charge in [0.05, 0.1) is 33.7 Å². The molecule has 3 heterocycles. The predicted molar refractivity (Wildman–Crippen MR) is 119 cm³/mol. The van der Waals surface area contributed by atoms with Gasteiger partial charge >= 0.3 is 0 Å². The van der Waals surface area contributed by atoms with Gasteiger partial charge in [-0.05, 0) is 31.2 Å². The van der Waals surface area contributed by atoms with Gasteiger partial charge in [0.1, 0.15) is 12.7 Å². The zero-order chi connectivity index (χ0) is 21.4. The summed E-state index contributed by atoms with van der Waals surface area (Å²) in [7, 11) is 0. The number of amides is 1. The van der Waals surface area contributed by atoms with Crippen LogP contribution in [0.25, 0.3) is 28.0 Å². The number of aromatic nitrogens is 5. The van der Waals surface area contributed by atoms with Crippen LogP contribution in [-0.4, -0.2) is 30.8 Å². The fourth-order valence-corrected chi connectivity index (χ4v) is 3.72. The van der Waals surface area contributed by atoms with E-state index in [4.69, 9.17) is 4.52 Å². The van der Waals surface area contributed by atoms with Crippen molar-refractivity contribution in [2.75, 3.05) is 5.32 Å². The summed E-state index contributed by atoms with van der Waals surface area (Å²) in [6, 6.07) is 16.9. The van der Waals surface area contributed by atoms with Crippen LogP contribution in [0.1, 0.15) is 16.1 Å². The average molecular weight is 475 g/mol. The number of fused-ring (bicyclic) bond motifs is 1. The Hall–Kier alpha value is -3.85.